The van der Waals surface area contributed by atoms with Crippen molar-refractivity contribution in [2.45, 2.75) is 50.0 Å². The lowest BCUT2D eigenvalue weighted by Crippen LogP contribution is -2.63. The number of nitrogens with zero attached hydrogens (tertiary/aromatic N) is 2. The summed E-state index contributed by atoms with van der Waals surface area (Å²) in [5, 5.41) is 45.2. The molecule has 3 aliphatic carbocycles. The molecule has 0 bridgehead atoms. The molecular formula is C34H36F3N3O7. The van der Waals surface area contributed by atoms with Crippen molar-refractivity contribution >= 4 is 17.5 Å². The fraction of sp³-hybridized carbons (Fsp3) is 0.441. The molecule has 4 atom stereocenters. The number of carbonyl (C=O) groups is 3. The van der Waals surface area contributed by atoms with E-state index >= 15 is 0 Å². The van der Waals surface area contributed by atoms with E-state index in [1.54, 1.807) is 20.2 Å². The number of hydrogen-bond donors (Lipinski definition) is 5. The second kappa shape index (κ2) is 11.5. The summed E-state index contributed by atoms with van der Waals surface area (Å²) in [5.74, 6) is -8.47. The zero-order valence-electron chi connectivity index (χ0n) is 25.8. The van der Waals surface area contributed by atoms with Crippen molar-refractivity contribution in [3.05, 3.63) is 75.8 Å². The Labute approximate surface area is 268 Å². The summed E-state index contributed by atoms with van der Waals surface area (Å²) in [4.78, 5) is 43.2. The first-order valence-corrected chi connectivity index (χ1v) is 15.4. The van der Waals surface area contributed by atoms with E-state index in [0.717, 1.165) is 5.56 Å². The zero-order chi connectivity index (χ0) is 34.2. The maximum absolute atomic E-state index is 14.1. The molecule has 2 aromatic carbocycles. The van der Waals surface area contributed by atoms with E-state index in [1.807, 2.05) is 29.2 Å². The topological polar surface area (TPSA) is 165 Å². The lowest BCUT2D eigenvalue weighted by Gasteiger charge is -2.50. The Balaban J connectivity index is 1.37. The van der Waals surface area contributed by atoms with Crippen molar-refractivity contribution in [3.8, 4) is 16.9 Å². The molecule has 1 heterocycles. The van der Waals surface area contributed by atoms with Crippen molar-refractivity contribution in [1.82, 2.24) is 9.80 Å². The maximum atomic E-state index is 14.1. The quantitative estimate of drug-likeness (QED) is 0.303. The molecule has 250 valence electrons. The number of halogens is 3. The molecule has 47 heavy (non-hydrogen) atoms. The first-order chi connectivity index (χ1) is 22.0. The van der Waals surface area contributed by atoms with E-state index in [9.17, 15) is 48.0 Å². The van der Waals surface area contributed by atoms with Crippen molar-refractivity contribution in [2.75, 3.05) is 27.2 Å². The highest BCUT2D eigenvalue weighted by Crippen LogP contribution is 2.53. The molecule has 0 unspecified atom stereocenters. The summed E-state index contributed by atoms with van der Waals surface area (Å²) in [7, 11) is 3.13. The lowest BCUT2D eigenvalue weighted by atomic mass is 9.58. The van der Waals surface area contributed by atoms with Gasteiger partial charge < -0.3 is 26.2 Å². The van der Waals surface area contributed by atoms with Crippen LogP contribution < -0.4 is 5.73 Å². The fourth-order valence-electron chi connectivity index (χ4n) is 8.03. The Kier molecular flexibility index (Phi) is 8.01. The third-order valence-corrected chi connectivity index (χ3v) is 10.3. The van der Waals surface area contributed by atoms with Crippen molar-refractivity contribution in [2.24, 2.45) is 23.5 Å². The molecule has 0 spiro atoms. The number of likely N-dealkylation sites (tertiary alicyclic amines) is 1. The van der Waals surface area contributed by atoms with E-state index in [-0.39, 0.29) is 42.6 Å². The number of carbonyl (C=O) groups excluding carboxylic acids is 3. The molecule has 4 aliphatic rings. The van der Waals surface area contributed by atoms with Crippen LogP contribution in [0.3, 0.4) is 0 Å². The molecule has 13 heteroatoms. The third-order valence-electron chi connectivity index (χ3n) is 10.3. The van der Waals surface area contributed by atoms with Gasteiger partial charge in [0, 0.05) is 18.0 Å². The Bertz CT molecular complexity index is 1740. The van der Waals surface area contributed by atoms with E-state index < -0.39 is 70.1 Å². The van der Waals surface area contributed by atoms with Crippen molar-refractivity contribution in [3.63, 3.8) is 0 Å². The number of fused-ring (bicyclic) bond motifs is 3. The number of likely N-dealkylation sites (N-methyl/N-ethyl adjacent to an activating group) is 1. The monoisotopic (exact) mass is 655 g/mol. The number of phenols is 1. The largest absolute Gasteiger partial charge is 0.510 e. The van der Waals surface area contributed by atoms with Crippen molar-refractivity contribution in [1.29, 1.82) is 0 Å². The fourth-order valence-corrected chi connectivity index (χ4v) is 8.03. The summed E-state index contributed by atoms with van der Waals surface area (Å²) < 4.78 is 39.5. The number of hydrogen-bond acceptors (Lipinski definition) is 9. The summed E-state index contributed by atoms with van der Waals surface area (Å²) in [6, 6.07) is 9.33. The summed E-state index contributed by atoms with van der Waals surface area (Å²) in [6.45, 7) is 1.06. The van der Waals surface area contributed by atoms with Crippen LogP contribution >= 0.6 is 0 Å². The highest BCUT2D eigenvalue weighted by Gasteiger charge is 2.63. The number of aliphatic hydroxyl groups is 3. The van der Waals surface area contributed by atoms with Crippen LogP contribution in [-0.4, -0.2) is 92.7 Å². The van der Waals surface area contributed by atoms with Gasteiger partial charge in [-0.3, -0.25) is 24.2 Å². The van der Waals surface area contributed by atoms with Crippen LogP contribution in [0.2, 0.25) is 0 Å². The van der Waals surface area contributed by atoms with Crippen LogP contribution in [0.5, 0.6) is 5.75 Å². The first-order valence-electron chi connectivity index (χ1n) is 15.4. The normalized spacial score (nSPS) is 27.2. The molecular weight excluding hydrogens is 619 g/mol. The van der Waals surface area contributed by atoms with Crippen molar-refractivity contribution < 1.29 is 48.0 Å². The van der Waals surface area contributed by atoms with Gasteiger partial charge in [-0.25, -0.2) is 0 Å². The van der Waals surface area contributed by atoms with Gasteiger partial charge in [0.1, 0.15) is 22.8 Å². The highest BCUT2D eigenvalue weighted by molar-refractivity contribution is 6.24. The molecule has 6 rings (SSSR count). The van der Waals surface area contributed by atoms with E-state index in [4.69, 9.17) is 5.73 Å². The zero-order valence-corrected chi connectivity index (χ0v) is 25.8. The van der Waals surface area contributed by atoms with Gasteiger partial charge >= 0.3 is 6.18 Å². The number of aromatic hydroxyl groups is 1. The number of benzene rings is 2. The average Bonchev–Trinajstić information content (AvgIpc) is 2.99. The third kappa shape index (κ3) is 5.20. The average molecular weight is 656 g/mol. The Morgan fingerprint density at radius 1 is 1.09 bits per heavy atom. The van der Waals surface area contributed by atoms with Gasteiger partial charge in [-0.2, -0.15) is 13.2 Å². The molecule has 1 aliphatic heterocycles. The molecule has 10 nitrogen and oxygen atoms in total. The predicted molar refractivity (Wildman–Crippen MR) is 163 cm³/mol. The SMILES string of the molecule is CN(C)[C@@H]1C(O)=C(C(N)=O)C(=O)[C@@]2(O)C(O)=C3C(=O)c4c(O)ccc(-c5cccc(CN6CCC(C(F)(F)F)CC6)c5)c4C[C@H]3C[C@@H]12. The highest BCUT2D eigenvalue weighted by atomic mass is 19.4. The number of phenolic OH excluding ortho intramolecular Hbond substituents is 1. The van der Waals surface area contributed by atoms with Crippen LogP contribution in [-0.2, 0) is 22.6 Å². The molecule has 0 saturated carbocycles. The summed E-state index contributed by atoms with van der Waals surface area (Å²) in [6.07, 6.45) is -4.03. The van der Waals surface area contributed by atoms with Gasteiger partial charge in [0.15, 0.2) is 11.4 Å². The molecule has 0 aromatic heterocycles. The lowest BCUT2D eigenvalue weighted by molar-refractivity contribution is -0.185. The number of nitrogens with two attached hydrogens (primary N) is 1. The van der Waals surface area contributed by atoms with Gasteiger partial charge in [0.05, 0.1) is 17.5 Å². The Morgan fingerprint density at radius 2 is 1.77 bits per heavy atom. The van der Waals surface area contributed by atoms with Gasteiger partial charge in [-0.1, -0.05) is 24.3 Å². The van der Waals surface area contributed by atoms with E-state index in [1.165, 1.54) is 11.0 Å². The number of piperidine rings is 1. The molecule has 1 fully saturated rings. The van der Waals surface area contributed by atoms with Gasteiger partial charge in [0.25, 0.3) is 5.91 Å². The minimum absolute atomic E-state index is 0.0330. The van der Waals surface area contributed by atoms with Crippen LogP contribution in [0, 0.1) is 17.8 Å². The van der Waals surface area contributed by atoms with Gasteiger partial charge in [-0.15, -0.1) is 0 Å². The standard InChI is InChI=1S/C34H36F3N3O7/c1-39(2)27-22-14-18-13-21-20(17-5-3-4-16(12-17)15-40-10-8-19(9-11-40)34(35,36)37)6-7-23(41)25(21)28(42)24(18)30(44)33(22,47)31(45)26(29(27)43)32(38)46/h3-7,12,18-19,22,27,41,43-44,47H,8-11,13-15H2,1-2H3,(H2,38,46)/t18-,22-,27-,33-/m0/s1. The Hall–Kier alpha value is -4.20. The van der Waals surface area contributed by atoms with Gasteiger partial charge in [-0.05, 0) is 93.2 Å². The molecule has 0 radical (unpaired) electrons. The number of allylic oxidation sites excluding steroid dienone is 1. The second-order valence-electron chi connectivity index (χ2n) is 13.2. The second-order valence-corrected chi connectivity index (χ2v) is 13.2. The minimum Gasteiger partial charge on any atom is -0.510 e. The molecule has 2 aromatic rings. The summed E-state index contributed by atoms with van der Waals surface area (Å²) >= 11 is 0. The van der Waals surface area contributed by atoms with Crippen LogP contribution in [0.25, 0.3) is 11.1 Å². The number of rotatable bonds is 5. The molecule has 6 N–H and O–H groups in total. The number of amides is 1. The minimum atomic E-state index is -4.20. The van der Waals surface area contributed by atoms with Gasteiger partial charge in [0.2, 0.25) is 5.78 Å². The number of Topliss-reactive ketones (excluding diaryl/α,β-unsaturated/α-hetero) is 2. The Morgan fingerprint density at radius 3 is 2.38 bits per heavy atom. The first kappa shape index (κ1) is 32.7. The number of aliphatic hydroxyl groups excluding tert-OH is 2. The van der Waals surface area contributed by atoms with Crippen LogP contribution in [0.15, 0.2) is 59.1 Å². The molecule has 1 saturated heterocycles. The van der Waals surface area contributed by atoms with E-state index in [0.29, 0.717) is 36.3 Å². The summed E-state index contributed by atoms with van der Waals surface area (Å²) in [5.41, 5.74) is 4.16. The number of ketones is 2. The van der Waals surface area contributed by atoms with Crippen LogP contribution in [0.4, 0.5) is 13.2 Å². The van der Waals surface area contributed by atoms with E-state index in [2.05, 4.69) is 0 Å². The molecule has 1 amide bonds. The van der Waals surface area contributed by atoms with Crippen LogP contribution in [0.1, 0.15) is 40.7 Å². The maximum Gasteiger partial charge on any atom is 0.391 e. The predicted octanol–water partition coefficient (Wildman–Crippen LogP) is 3.56. The number of primary amides is 1. The number of alkyl halides is 3. The smallest absolute Gasteiger partial charge is 0.391 e.